The first-order valence-corrected chi connectivity index (χ1v) is 11.3. The van der Waals surface area contributed by atoms with E-state index < -0.39 is 10.0 Å². The lowest BCUT2D eigenvalue weighted by Crippen LogP contribution is -2.38. The predicted molar refractivity (Wildman–Crippen MR) is 98.7 cm³/mol. The van der Waals surface area contributed by atoms with Crippen LogP contribution in [0.4, 0.5) is 5.13 Å². The molecule has 0 saturated carbocycles. The lowest BCUT2D eigenvalue weighted by molar-refractivity contribution is 0.103. The van der Waals surface area contributed by atoms with Gasteiger partial charge in [0.25, 0.3) is 5.91 Å². The van der Waals surface area contributed by atoms with E-state index in [9.17, 15) is 13.2 Å². The van der Waals surface area contributed by atoms with Gasteiger partial charge < -0.3 is 0 Å². The van der Waals surface area contributed by atoms with E-state index in [0.29, 0.717) is 29.0 Å². The molecule has 1 fully saturated rings. The van der Waals surface area contributed by atoms with Crippen molar-refractivity contribution < 1.29 is 13.2 Å². The summed E-state index contributed by atoms with van der Waals surface area (Å²) in [6, 6.07) is 1.44. The van der Waals surface area contributed by atoms with Gasteiger partial charge in [0, 0.05) is 18.5 Å². The summed E-state index contributed by atoms with van der Waals surface area (Å²) >= 11 is 2.43. The second-order valence-electron chi connectivity index (χ2n) is 6.07. The highest BCUT2D eigenvalue weighted by atomic mass is 32.2. The molecule has 0 aliphatic carbocycles. The first kappa shape index (κ1) is 18.4. The lowest BCUT2D eigenvalue weighted by Gasteiger charge is -2.29. The third-order valence-corrected chi connectivity index (χ3v) is 7.95. The van der Waals surface area contributed by atoms with Crippen LogP contribution in [0.3, 0.4) is 0 Å². The SMILES string of the molecule is CCc1nnc(NC(=O)c2cc(S(=O)(=O)N3CCC[C@@H](C)C3)cs2)s1. The molecule has 1 aliphatic rings. The van der Waals surface area contributed by atoms with Gasteiger partial charge in [0.15, 0.2) is 0 Å². The molecule has 0 unspecified atom stereocenters. The summed E-state index contributed by atoms with van der Waals surface area (Å²) in [5.74, 6) is -0.00707. The van der Waals surface area contributed by atoms with Gasteiger partial charge in [-0.1, -0.05) is 25.2 Å². The Labute approximate surface area is 155 Å². The van der Waals surface area contributed by atoms with E-state index in [1.165, 1.54) is 27.1 Å². The minimum atomic E-state index is -3.54. The van der Waals surface area contributed by atoms with Crippen molar-refractivity contribution in [2.75, 3.05) is 18.4 Å². The maximum atomic E-state index is 12.7. The average Bonchev–Trinajstić information content (AvgIpc) is 3.24. The molecule has 10 heteroatoms. The summed E-state index contributed by atoms with van der Waals surface area (Å²) in [5.41, 5.74) is 0. The van der Waals surface area contributed by atoms with Gasteiger partial charge in [-0.05, 0) is 31.2 Å². The third-order valence-electron chi connectivity index (χ3n) is 4.05. The number of carbonyl (C=O) groups excluding carboxylic acids is 1. The van der Waals surface area contributed by atoms with Gasteiger partial charge in [-0.15, -0.1) is 21.5 Å². The molecule has 0 bridgehead atoms. The number of anilines is 1. The summed E-state index contributed by atoms with van der Waals surface area (Å²) in [5, 5.41) is 13.3. The Bertz CT molecular complexity index is 859. The standard InChI is InChI=1S/C15H20N4O3S3/c1-3-13-17-18-15(24-13)16-14(20)12-7-11(9-23-12)25(21,22)19-6-4-5-10(2)8-19/h7,9-10H,3-6,8H2,1-2H3,(H,16,18,20)/t10-/m1/s1. The van der Waals surface area contributed by atoms with Crippen molar-refractivity contribution in [1.29, 1.82) is 0 Å². The van der Waals surface area contributed by atoms with Gasteiger partial charge in [-0.2, -0.15) is 4.31 Å². The number of piperidine rings is 1. The molecule has 1 atom stereocenters. The fourth-order valence-electron chi connectivity index (χ4n) is 2.69. The monoisotopic (exact) mass is 400 g/mol. The van der Waals surface area contributed by atoms with Crippen molar-refractivity contribution in [2.45, 2.75) is 38.0 Å². The Balaban J connectivity index is 1.73. The van der Waals surface area contributed by atoms with Crippen LogP contribution in [0.25, 0.3) is 0 Å². The van der Waals surface area contributed by atoms with Crippen LogP contribution >= 0.6 is 22.7 Å². The topological polar surface area (TPSA) is 92.3 Å². The second-order valence-corrected chi connectivity index (χ2v) is 9.98. The van der Waals surface area contributed by atoms with Crippen LogP contribution < -0.4 is 5.32 Å². The van der Waals surface area contributed by atoms with Crippen molar-refractivity contribution in [2.24, 2.45) is 5.92 Å². The quantitative estimate of drug-likeness (QED) is 0.833. The van der Waals surface area contributed by atoms with Crippen molar-refractivity contribution in [3.05, 3.63) is 21.3 Å². The number of aromatic nitrogens is 2. The van der Waals surface area contributed by atoms with Gasteiger partial charge in [0.1, 0.15) is 5.01 Å². The first-order chi connectivity index (χ1) is 11.9. The van der Waals surface area contributed by atoms with Crippen molar-refractivity contribution in [1.82, 2.24) is 14.5 Å². The zero-order valence-electron chi connectivity index (χ0n) is 14.1. The number of amides is 1. The molecule has 2 aromatic heterocycles. The van der Waals surface area contributed by atoms with E-state index in [4.69, 9.17) is 0 Å². The van der Waals surface area contributed by atoms with E-state index in [-0.39, 0.29) is 10.8 Å². The molecule has 1 N–H and O–H groups in total. The molecule has 136 valence electrons. The number of nitrogens with zero attached hydrogens (tertiary/aromatic N) is 3. The molecule has 0 spiro atoms. The van der Waals surface area contributed by atoms with Gasteiger partial charge in [-0.3, -0.25) is 10.1 Å². The molecule has 25 heavy (non-hydrogen) atoms. The van der Waals surface area contributed by atoms with Crippen LogP contribution in [0.15, 0.2) is 16.3 Å². The van der Waals surface area contributed by atoms with Crippen LogP contribution in [0.5, 0.6) is 0 Å². The summed E-state index contributed by atoms with van der Waals surface area (Å²) < 4.78 is 27.0. The largest absolute Gasteiger partial charge is 0.296 e. The second kappa shape index (κ2) is 7.48. The Kier molecular flexibility index (Phi) is 5.52. The number of aryl methyl sites for hydroxylation is 1. The van der Waals surface area contributed by atoms with E-state index in [1.807, 2.05) is 6.92 Å². The number of hydrogen-bond donors (Lipinski definition) is 1. The zero-order valence-corrected chi connectivity index (χ0v) is 16.5. The third kappa shape index (κ3) is 4.08. The van der Waals surface area contributed by atoms with Crippen molar-refractivity contribution >= 4 is 43.7 Å². The Morgan fingerprint density at radius 3 is 2.92 bits per heavy atom. The molecule has 3 rings (SSSR count). The normalized spacial score (nSPS) is 19.0. The molecule has 2 aromatic rings. The predicted octanol–water partition coefficient (Wildman–Crippen LogP) is 2.83. The van der Waals surface area contributed by atoms with E-state index in [1.54, 1.807) is 0 Å². The zero-order chi connectivity index (χ0) is 18.0. The molecule has 3 heterocycles. The number of rotatable bonds is 5. The van der Waals surface area contributed by atoms with Gasteiger partial charge in [0.2, 0.25) is 15.2 Å². The molecular weight excluding hydrogens is 380 g/mol. The summed E-state index contributed by atoms with van der Waals surface area (Å²) in [4.78, 5) is 12.8. The molecule has 0 radical (unpaired) electrons. The fourth-order valence-corrected chi connectivity index (χ4v) is 6.12. The van der Waals surface area contributed by atoms with Gasteiger partial charge >= 0.3 is 0 Å². The van der Waals surface area contributed by atoms with Crippen LogP contribution in [-0.2, 0) is 16.4 Å². The van der Waals surface area contributed by atoms with Crippen LogP contribution in [0.2, 0.25) is 0 Å². The summed E-state index contributed by atoms with van der Waals surface area (Å²) in [6.45, 7) is 5.09. The number of thiophene rings is 1. The maximum Gasteiger partial charge on any atom is 0.267 e. The van der Waals surface area contributed by atoms with Crippen molar-refractivity contribution in [3.8, 4) is 0 Å². The maximum absolute atomic E-state index is 12.7. The molecule has 1 amide bonds. The Hall–Kier alpha value is -1.36. The van der Waals surface area contributed by atoms with Crippen LogP contribution in [0.1, 0.15) is 41.4 Å². The summed E-state index contributed by atoms with van der Waals surface area (Å²) in [6.07, 6.45) is 2.67. The molecular formula is C15H20N4O3S3. The summed E-state index contributed by atoms with van der Waals surface area (Å²) in [7, 11) is -3.54. The highest BCUT2D eigenvalue weighted by Gasteiger charge is 2.30. The molecule has 1 aliphatic heterocycles. The number of hydrogen-bond acceptors (Lipinski definition) is 7. The molecule has 0 aromatic carbocycles. The Morgan fingerprint density at radius 2 is 2.24 bits per heavy atom. The highest BCUT2D eigenvalue weighted by Crippen LogP contribution is 2.27. The average molecular weight is 401 g/mol. The van der Waals surface area contributed by atoms with E-state index in [0.717, 1.165) is 35.6 Å². The molecule has 7 nitrogen and oxygen atoms in total. The van der Waals surface area contributed by atoms with Crippen LogP contribution in [0, 0.1) is 5.92 Å². The highest BCUT2D eigenvalue weighted by molar-refractivity contribution is 7.89. The number of sulfonamides is 1. The first-order valence-electron chi connectivity index (χ1n) is 8.12. The van der Waals surface area contributed by atoms with Gasteiger partial charge in [-0.25, -0.2) is 8.42 Å². The number of carbonyl (C=O) groups is 1. The lowest BCUT2D eigenvalue weighted by atomic mass is 10.0. The van der Waals surface area contributed by atoms with E-state index >= 15 is 0 Å². The minimum Gasteiger partial charge on any atom is -0.296 e. The number of nitrogens with one attached hydrogen (secondary N) is 1. The minimum absolute atomic E-state index is 0.184. The Morgan fingerprint density at radius 1 is 1.44 bits per heavy atom. The van der Waals surface area contributed by atoms with Crippen molar-refractivity contribution in [3.63, 3.8) is 0 Å². The molecule has 1 saturated heterocycles. The van der Waals surface area contributed by atoms with Crippen LogP contribution in [-0.4, -0.2) is 41.9 Å². The smallest absolute Gasteiger partial charge is 0.267 e. The van der Waals surface area contributed by atoms with Gasteiger partial charge in [0.05, 0.1) is 9.77 Å². The fraction of sp³-hybridized carbons (Fsp3) is 0.533. The van der Waals surface area contributed by atoms with E-state index in [2.05, 4.69) is 22.4 Å².